The lowest BCUT2D eigenvalue weighted by atomic mass is 9.67. The van der Waals surface area contributed by atoms with Gasteiger partial charge in [-0.3, -0.25) is 0 Å². The van der Waals surface area contributed by atoms with Crippen LogP contribution < -0.4 is 5.73 Å². The summed E-state index contributed by atoms with van der Waals surface area (Å²) in [7, 11) is 0. The average molecular weight is 282 g/mol. The first-order valence-electron chi connectivity index (χ1n) is 8.02. The van der Waals surface area contributed by atoms with Gasteiger partial charge in [-0.2, -0.15) is 0 Å². The van der Waals surface area contributed by atoms with Gasteiger partial charge in [0.25, 0.3) is 0 Å². The summed E-state index contributed by atoms with van der Waals surface area (Å²) in [6, 6.07) is 0. The number of carbonyl (C=O) groups excluding carboxylic acids is 1. The Hall–Kier alpha value is -0.770. The van der Waals surface area contributed by atoms with Crippen LogP contribution in [0.25, 0.3) is 0 Å². The van der Waals surface area contributed by atoms with Crippen LogP contribution in [0.2, 0.25) is 0 Å². The minimum atomic E-state index is -0.411. The molecule has 4 heteroatoms. The lowest BCUT2D eigenvalue weighted by Gasteiger charge is -2.44. The molecule has 20 heavy (non-hydrogen) atoms. The Morgan fingerprint density at radius 2 is 1.90 bits per heavy atom. The Kier molecular flexibility index (Phi) is 4.62. The average Bonchev–Trinajstić information content (AvgIpc) is 2.32. The molecule has 4 nitrogen and oxygen atoms in total. The van der Waals surface area contributed by atoms with E-state index >= 15 is 0 Å². The van der Waals surface area contributed by atoms with Crippen LogP contribution in [-0.4, -0.2) is 36.2 Å². The van der Waals surface area contributed by atoms with Crippen molar-refractivity contribution in [1.29, 1.82) is 0 Å². The van der Waals surface area contributed by atoms with Gasteiger partial charge in [-0.1, -0.05) is 19.3 Å². The maximum Gasteiger partial charge on any atom is 0.410 e. The van der Waals surface area contributed by atoms with E-state index in [0.29, 0.717) is 0 Å². The molecule has 1 amide bonds. The van der Waals surface area contributed by atoms with E-state index in [1.165, 1.54) is 25.7 Å². The summed E-state index contributed by atoms with van der Waals surface area (Å²) >= 11 is 0. The van der Waals surface area contributed by atoms with Crippen LogP contribution in [0, 0.1) is 11.3 Å². The standard InChI is InChI=1S/C16H30N2O2/c1-15(2,3)20-14(19)18-9-7-16(12-17,8-10-18)11-13-5-4-6-13/h13H,4-12,17H2,1-3H3. The molecule has 0 unspecified atom stereocenters. The summed E-state index contributed by atoms with van der Waals surface area (Å²) < 4.78 is 5.45. The first-order chi connectivity index (χ1) is 9.34. The second-order valence-corrected chi connectivity index (χ2v) is 7.67. The van der Waals surface area contributed by atoms with Crippen molar-refractivity contribution in [2.45, 2.75) is 64.9 Å². The van der Waals surface area contributed by atoms with E-state index in [1.807, 2.05) is 25.7 Å². The molecule has 2 aliphatic rings. The highest BCUT2D eigenvalue weighted by Gasteiger charge is 2.38. The van der Waals surface area contributed by atoms with Crippen LogP contribution in [-0.2, 0) is 4.74 Å². The number of hydrogen-bond donors (Lipinski definition) is 1. The van der Waals surface area contributed by atoms with Crippen molar-refractivity contribution in [2.24, 2.45) is 17.1 Å². The lowest BCUT2D eigenvalue weighted by molar-refractivity contribution is 0.00586. The van der Waals surface area contributed by atoms with Gasteiger partial charge in [-0.25, -0.2) is 4.79 Å². The fraction of sp³-hybridized carbons (Fsp3) is 0.938. The molecular formula is C16H30N2O2. The number of nitrogens with two attached hydrogens (primary N) is 1. The zero-order chi connectivity index (χ0) is 14.8. The van der Waals surface area contributed by atoms with Gasteiger partial charge in [0.2, 0.25) is 0 Å². The molecule has 116 valence electrons. The quantitative estimate of drug-likeness (QED) is 0.865. The van der Waals surface area contributed by atoms with Gasteiger partial charge in [-0.05, 0) is 57.9 Å². The van der Waals surface area contributed by atoms with Gasteiger partial charge in [0.1, 0.15) is 5.60 Å². The molecule has 0 bridgehead atoms. The third-order valence-corrected chi connectivity index (χ3v) is 4.86. The largest absolute Gasteiger partial charge is 0.444 e. The van der Waals surface area contributed by atoms with Crippen molar-refractivity contribution in [3.8, 4) is 0 Å². The van der Waals surface area contributed by atoms with Crippen molar-refractivity contribution in [3.05, 3.63) is 0 Å². The molecule has 0 aromatic heterocycles. The number of amides is 1. The maximum atomic E-state index is 12.1. The van der Waals surface area contributed by atoms with Crippen LogP contribution in [0.4, 0.5) is 4.79 Å². The smallest absolute Gasteiger partial charge is 0.410 e. The Labute approximate surface area is 123 Å². The number of nitrogens with zero attached hydrogens (tertiary/aromatic N) is 1. The van der Waals surface area contributed by atoms with Gasteiger partial charge in [0.15, 0.2) is 0 Å². The van der Waals surface area contributed by atoms with Gasteiger partial charge in [0.05, 0.1) is 0 Å². The van der Waals surface area contributed by atoms with Crippen LogP contribution in [0.15, 0.2) is 0 Å². The number of piperidine rings is 1. The van der Waals surface area contributed by atoms with E-state index in [-0.39, 0.29) is 11.5 Å². The molecule has 2 fully saturated rings. The third kappa shape index (κ3) is 3.87. The SMILES string of the molecule is CC(C)(C)OC(=O)N1CCC(CN)(CC2CCC2)CC1. The summed E-state index contributed by atoms with van der Waals surface area (Å²) in [5.41, 5.74) is 5.91. The molecule has 0 spiro atoms. The van der Waals surface area contributed by atoms with Gasteiger partial charge in [0, 0.05) is 13.1 Å². The van der Waals surface area contributed by atoms with Crippen molar-refractivity contribution >= 4 is 6.09 Å². The minimum Gasteiger partial charge on any atom is -0.444 e. The fourth-order valence-electron chi connectivity index (χ4n) is 3.29. The molecule has 0 radical (unpaired) electrons. The summed E-state index contributed by atoms with van der Waals surface area (Å²) in [6.07, 6.45) is 7.26. The van der Waals surface area contributed by atoms with Gasteiger partial charge in [-0.15, -0.1) is 0 Å². The Morgan fingerprint density at radius 3 is 2.30 bits per heavy atom. The molecule has 1 saturated heterocycles. The van der Waals surface area contributed by atoms with Crippen molar-refractivity contribution in [3.63, 3.8) is 0 Å². The minimum absolute atomic E-state index is 0.174. The predicted molar refractivity (Wildman–Crippen MR) is 80.5 cm³/mol. The maximum absolute atomic E-state index is 12.1. The lowest BCUT2D eigenvalue weighted by Crippen LogP contribution is -2.48. The highest BCUT2D eigenvalue weighted by molar-refractivity contribution is 5.68. The van der Waals surface area contributed by atoms with Crippen LogP contribution in [0.3, 0.4) is 0 Å². The molecule has 0 aromatic carbocycles. The Balaban J connectivity index is 1.85. The molecule has 2 N–H and O–H groups in total. The summed E-state index contributed by atoms with van der Waals surface area (Å²) in [4.78, 5) is 13.9. The first kappa shape index (κ1) is 15.6. The zero-order valence-electron chi connectivity index (χ0n) is 13.3. The predicted octanol–water partition coefficient (Wildman–Crippen LogP) is 3.15. The second-order valence-electron chi connectivity index (χ2n) is 7.67. The van der Waals surface area contributed by atoms with Crippen molar-refractivity contribution in [1.82, 2.24) is 4.90 Å². The molecular weight excluding hydrogens is 252 g/mol. The summed E-state index contributed by atoms with van der Waals surface area (Å²) in [5, 5.41) is 0. The molecule has 2 rings (SSSR count). The molecule has 1 saturated carbocycles. The van der Waals surface area contributed by atoms with E-state index < -0.39 is 5.60 Å². The zero-order valence-corrected chi connectivity index (χ0v) is 13.3. The normalized spacial score (nSPS) is 23.3. The first-order valence-corrected chi connectivity index (χ1v) is 8.02. The molecule has 0 aromatic rings. The molecule has 1 aliphatic heterocycles. The molecule has 0 atom stereocenters. The number of hydrogen-bond acceptors (Lipinski definition) is 3. The summed E-state index contributed by atoms with van der Waals surface area (Å²) in [5.74, 6) is 0.881. The number of rotatable bonds is 3. The highest BCUT2D eigenvalue weighted by Crippen LogP contribution is 2.43. The van der Waals surface area contributed by atoms with E-state index in [0.717, 1.165) is 38.4 Å². The number of likely N-dealkylation sites (tertiary alicyclic amines) is 1. The molecule has 1 aliphatic carbocycles. The van der Waals surface area contributed by atoms with E-state index in [2.05, 4.69) is 0 Å². The summed E-state index contributed by atoms with van der Waals surface area (Å²) in [6.45, 7) is 8.07. The van der Waals surface area contributed by atoms with Gasteiger partial charge < -0.3 is 15.4 Å². The second kappa shape index (κ2) is 5.92. The number of carbonyl (C=O) groups is 1. The van der Waals surface area contributed by atoms with E-state index in [1.54, 1.807) is 0 Å². The van der Waals surface area contributed by atoms with Crippen LogP contribution in [0.5, 0.6) is 0 Å². The van der Waals surface area contributed by atoms with Gasteiger partial charge >= 0.3 is 6.09 Å². The number of ether oxygens (including phenoxy) is 1. The monoisotopic (exact) mass is 282 g/mol. The van der Waals surface area contributed by atoms with E-state index in [4.69, 9.17) is 10.5 Å². The van der Waals surface area contributed by atoms with Crippen molar-refractivity contribution in [2.75, 3.05) is 19.6 Å². The fourth-order valence-corrected chi connectivity index (χ4v) is 3.29. The topological polar surface area (TPSA) is 55.6 Å². The Morgan fingerprint density at radius 1 is 1.30 bits per heavy atom. The third-order valence-electron chi connectivity index (χ3n) is 4.86. The molecule has 1 heterocycles. The Bertz CT molecular complexity index is 337. The van der Waals surface area contributed by atoms with E-state index in [9.17, 15) is 4.79 Å². The highest BCUT2D eigenvalue weighted by atomic mass is 16.6. The van der Waals surface area contributed by atoms with Crippen molar-refractivity contribution < 1.29 is 9.53 Å². The van der Waals surface area contributed by atoms with Crippen LogP contribution >= 0.6 is 0 Å². The van der Waals surface area contributed by atoms with Crippen LogP contribution in [0.1, 0.15) is 59.3 Å².